The molecule has 1 fully saturated rings. The van der Waals surface area contributed by atoms with Crippen LogP contribution >= 0.6 is 34.7 Å². The van der Waals surface area contributed by atoms with E-state index in [0.717, 1.165) is 21.8 Å². The fourth-order valence-corrected chi connectivity index (χ4v) is 7.51. The van der Waals surface area contributed by atoms with E-state index in [0.29, 0.717) is 31.9 Å². The number of benzene rings is 3. The Morgan fingerprint density at radius 1 is 0.973 bits per heavy atom. The molecule has 1 aromatic heterocycles. The Hall–Kier alpha value is -3.40. The molecule has 10 heteroatoms. The van der Waals surface area contributed by atoms with Crippen LogP contribution in [-0.4, -0.2) is 22.0 Å². The standard InChI is InChI=1S/C27H18ClFN2O4S2/c28-15-6-11-19(35-13-14-4-2-1-3-5-14)18(12-15)20-21-23(36-24-22(20)37-27(34)30-24)26(33)31(25(21)32)17-9-7-16(29)8-10-17/h1-12,20-21,23H,13H2,(H,30,34)/t20-,21?,23?/m1/s1. The SMILES string of the molecule is O=C1C2Sc3[nH]c(=O)sc3[C@H](c3cc(Cl)ccc3OCc3ccccc3)C2C(=O)N1c1ccc(F)cc1. The van der Waals surface area contributed by atoms with Gasteiger partial charge in [-0.15, -0.1) is 0 Å². The number of nitrogens with one attached hydrogen (secondary N) is 1. The van der Waals surface area contributed by atoms with E-state index in [9.17, 15) is 18.8 Å². The predicted molar refractivity (Wildman–Crippen MR) is 141 cm³/mol. The number of hydrogen-bond acceptors (Lipinski definition) is 6. The molecule has 0 radical (unpaired) electrons. The number of ether oxygens (including phenoxy) is 1. The molecule has 0 bridgehead atoms. The molecule has 6 nitrogen and oxygen atoms in total. The van der Waals surface area contributed by atoms with Gasteiger partial charge in [0.15, 0.2) is 0 Å². The summed E-state index contributed by atoms with van der Waals surface area (Å²) in [6, 6.07) is 20.1. The lowest BCUT2D eigenvalue weighted by Crippen LogP contribution is -2.32. The Balaban J connectivity index is 1.45. The lowest BCUT2D eigenvalue weighted by molar-refractivity contribution is -0.122. The molecule has 6 rings (SSSR count). The van der Waals surface area contributed by atoms with Crippen LogP contribution in [0.15, 0.2) is 82.6 Å². The minimum Gasteiger partial charge on any atom is -0.489 e. The largest absolute Gasteiger partial charge is 0.489 e. The van der Waals surface area contributed by atoms with Gasteiger partial charge >= 0.3 is 4.87 Å². The summed E-state index contributed by atoms with van der Waals surface area (Å²) in [5, 5.41) is 0.215. The second-order valence-electron chi connectivity index (χ2n) is 8.69. The second kappa shape index (κ2) is 9.48. The molecule has 186 valence electrons. The Labute approximate surface area is 224 Å². The van der Waals surface area contributed by atoms with Crippen LogP contribution in [0, 0.1) is 11.7 Å². The van der Waals surface area contributed by atoms with Crippen molar-refractivity contribution in [2.24, 2.45) is 5.92 Å². The number of thiazole rings is 1. The number of aromatic nitrogens is 1. The molecule has 0 aliphatic carbocycles. The number of rotatable bonds is 5. The van der Waals surface area contributed by atoms with Gasteiger partial charge in [-0.25, -0.2) is 9.29 Å². The molecule has 4 aromatic rings. The van der Waals surface area contributed by atoms with E-state index in [4.69, 9.17) is 16.3 Å². The number of carbonyl (C=O) groups is 2. The van der Waals surface area contributed by atoms with Crippen LogP contribution in [0.25, 0.3) is 0 Å². The molecule has 3 atom stereocenters. The van der Waals surface area contributed by atoms with Crippen molar-refractivity contribution in [2.45, 2.75) is 22.8 Å². The first-order chi connectivity index (χ1) is 17.9. The molecule has 2 unspecified atom stereocenters. The number of nitrogens with zero attached hydrogens (tertiary/aromatic N) is 1. The first-order valence-electron chi connectivity index (χ1n) is 11.4. The topological polar surface area (TPSA) is 79.5 Å². The molecular formula is C27H18ClFN2O4S2. The maximum Gasteiger partial charge on any atom is 0.305 e. The van der Waals surface area contributed by atoms with Gasteiger partial charge < -0.3 is 9.72 Å². The third-order valence-corrected chi connectivity index (χ3v) is 9.09. The lowest BCUT2D eigenvalue weighted by Gasteiger charge is -2.31. The molecule has 2 amide bonds. The van der Waals surface area contributed by atoms with Gasteiger partial charge in [-0.05, 0) is 48.0 Å². The van der Waals surface area contributed by atoms with E-state index in [1.165, 1.54) is 36.0 Å². The molecule has 0 saturated carbocycles. The minimum atomic E-state index is -0.806. The molecule has 1 saturated heterocycles. The molecule has 2 aliphatic heterocycles. The van der Waals surface area contributed by atoms with Crippen molar-refractivity contribution < 1.29 is 18.7 Å². The summed E-state index contributed by atoms with van der Waals surface area (Å²) in [6.45, 7) is 0.288. The summed E-state index contributed by atoms with van der Waals surface area (Å²) in [6.07, 6.45) is 0. The summed E-state index contributed by atoms with van der Waals surface area (Å²) >= 11 is 8.59. The van der Waals surface area contributed by atoms with Gasteiger partial charge in [-0.2, -0.15) is 0 Å². The Morgan fingerprint density at radius 3 is 2.49 bits per heavy atom. The highest BCUT2D eigenvalue weighted by atomic mass is 35.5. The van der Waals surface area contributed by atoms with Crippen molar-refractivity contribution in [3.05, 3.63) is 109 Å². The third-order valence-electron chi connectivity index (χ3n) is 6.45. The van der Waals surface area contributed by atoms with Crippen LogP contribution in [-0.2, 0) is 16.2 Å². The van der Waals surface area contributed by atoms with Gasteiger partial charge in [0.05, 0.1) is 16.6 Å². The fourth-order valence-electron chi connectivity index (χ4n) is 4.83. The summed E-state index contributed by atoms with van der Waals surface area (Å²) in [5.41, 5.74) is 1.88. The van der Waals surface area contributed by atoms with Gasteiger partial charge in [0, 0.05) is 21.4 Å². The van der Waals surface area contributed by atoms with Crippen molar-refractivity contribution in [2.75, 3.05) is 4.90 Å². The summed E-state index contributed by atoms with van der Waals surface area (Å²) in [7, 11) is 0. The van der Waals surface area contributed by atoms with Crippen LogP contribution in [0.2, 0.25) is 5.02 Å². The molecule has 3 heterocycles. The van der Waals surface area contributed by atoms with Crippen LogP contribution in [0.5, 0.6) is 5.75 Å². The molecule has 2 aliphatic rings. The number of halogens is 2. The Morgan fingerprint density at radius 2 is 1.73 bits per heavy atom. The highest BCUT2D eigenvalue weighted by molar-refractivity contribution is 8.00. The number of hydrogen-bond donors (Lipinski definition) is 1. The number of amides is 2. The third kappa shape index (κ3) is 4.27. The zero-order valence-electron chi connectivity index (χ0n) is 19.0. The summed E-state index contributed by atoms with van der Waals surface area (Å²) < 4.78 is 19.7. The minimum absolute atomic E-state index is 0.272. The molecule has 37 heavy (non-hydrogen) atoms. The van der Waals surface area contributed by atoms with Crippen molar-refractivity contribution in [1.82, 2.24) is 4.98 Å². The van der Waals surface area contributed by atoms with Gasteiger partial charge in [0.25, 0.3) is 0 Å². The van der Waals surface area contributed by atoms with Gasteiger partial charge in [0.1, 0.15) is 23.4 Å². The predicted octanol–water partition coefficient (Wildman–Crippen LogP) is 5.60. The Bertz CT molecular complexity index is 1570. The van der Waals surface area contributed by atoms with E-state index < -0.39 is 34.7 Å². The van der Waals surface area contributed by atoms with Crippen LogP contribution in [0.1, 0.15) is 21.9 Å². The van der Waals surface area contributed by atoms with Crippen molar-refractivity contribution >= 4 is 52.2 Å². The van der Waals surface area contributed by atoms with Gasteiger partial charge in [0.2, 0.25) is 11.8 Å². The average Bonchev–Trinajstić information content (AvgIpc) is 3.39. The summed E-state index contributed by atoms with van der Waals surface area (Å²) in [4.78, 5) is 44.1. The number of carbonyl (C=O) groups excluding carboxylic acids is 2. The molecular weight excluding hydrogens is 535 g/mol. The van der Waals surface area contributed by atoms with Crippen LogP contribution in [0.3, 0.4) is 0 Å². The quantitative estimate of drug-likeness (QED) is 0.326. The van der Waals surface area contributed by atoms with Crippen molar-refractivity contribution in [1.29, 1.82) is 0 Å². The number of fused-ring (bicyclic) bond motifs is 2. The van der Waals surface area contributed by atoms with E-state index in [-0.39, 0.29) is 11.5 Å². The fraction of sp³-hybridized carbons (Fsp3) is 0.148. The average molecular weight is 553 g/mol. The van der Waals surface area contributed by atoms with Gasteiger partial charge in [-0.3, -0.25) is 14.4 Å². The van der Waals surface area contributed by atoms with E-state index in [1.54, 1.807) is 18.2 Å². The van der Waals surface area contributed by atoms with Crippen LogP contribution in [0.4, 0.5) is 10.1 Å². The maximum absolute atomic E-state index is 13.9. The highest BCUT2D eigenvalue weighted by Gasteiger charge is 2.56. The van der Waals surface area contributed by atoms with Gasteiger partial charge in [-0.1, -0.05) is 65.0 Å². The number of aromatic amines is 1. The number of thioether (sulfide) groups is 1. The second-order valence-corrected chi connectivity index (χ2v) is 11.3. The Kier molecular flexibility index (Phi) is 6.14. The summed E-state index contributed by atoms with van der Waals surface area (Å²) in [5.74, 6) is -2.24. The van der Waals surface area contributed by atoms with E-state index >= 15 is 0 Å². The zero-order chi connectivity index (χ0) is 25.7. The first kappa shape index (κ1) is 24.0. The maximum atomic E-state index is 13.9. The molecule has 1 N–H and O–H groups in total. The van der Waals surface area contributed by atoms with E-state index in [1.807, 2.05) is 30.3 Å². The normalized spacial score (nSPS) is 20.6. The lowest BCUT2D eigenvalue weighted by atomic mass is 9.82. The number of anilines is 1. The monoisotopic (exact) mass is 552 g/mol. The van der Waals surface area contributed by atoms with E-state index in [2.05, 4.69) is 4.98 Å². The molecule has 3 aromatic carbocycles. The van der Waals surface area contributed by atoms with Crippen LogP contribution < -0.4 is 14.5 Å². The molecule has 0 spiro atoms. The zero-order valence-corrected chi connectivity index (χ0v) is 21.4. The first-order valence-corrected chi connectivity index (χ1v) is 13.5. The number of imide groups is 1. The highest BCUT2D eigenvalue weighted by Crippen LogP contribution is 2.54. The number of H-pyrrole nitrogens is 1. The van der Waals surface area contributed by atoms with Crippen molar-refractivity contribution in [3.63, 3.8) is 0 Å². The van der Waals surface area contributed by atoms with Crippen molar-refractivity contribution in [3.8, 4) is 5.75 Å². The smallest absolute Gasteiger partial charge is 0.305 e.